The molecule has 1 aromatic carbocycles. The Morgan fingerprint density at radius 1 is 1.12 bits per heavy atom. The minimum atomic E-state index is -0.00261. The van der Waals surface area contributed by atoms with Gasteiger partial charge in [0.15, 0.2) is 5.76 Å². The third-order valence-corrected chi connectivity index (χ3v) is 2.21. The van der Waals surface area contributed by atoms with Crippen LogP contribution in [0.4, 0.5) is 0 Å². The van der Waals surface area contributed by atoms with Gasteiger partial charge in [-0.1, -0.05) is 42.5 Å². The van der Waals surface area contributed by atoms with Crippen molar-refractivity contribution in [3.8, 4) is 0 Å². The molecule has 0 saturated heterocycles. The fourth-order valence-electron chi connectivity index (χ4n) is 1.40. The van der Waals surface area contributed by atoms with Crippen LogP contribution in [0.25, 0.3) is 6.08 Å². The minimum Gasteiger partial charge on any atom is -0.461 e. The maximum absolute atomic E-state index is 11.6. The van der Waals surface area contributed by atoms with E-state index in [9.17, 15) is 4.79 Å². The van der Waals surface area contributed by atoms with Gasteiger partial charge in [0.25, 0.3) is 0 Å². The van der Waals surface area contributed by atoms with Gasteiger partial charge in [-0.2, -0.15) is 0 Å². The van der Waals surface area contributed by atoms with E-state index in [0.29, 0.717) is 12.2 Å². The molecule has 2 aromatic rings. The number of allylic oxidation sites excluding steroid dienone is 1. The first-order chi connectivity index (χ1) is 7.86. The van der Waals surface area contributed by atoms with Crippen molar-refractivity contribution in [2.75, 3.05) is 0 Å². The molecule has 2 heteroatoms. The summed E-state index contributed by atoms with van der Waals surface area (Å²) in [7, 11) is 0. The molecule has 0 spiro atoms. The van der Waals surface area contributed by atoms with Gasteiger partial charge >= 0.3 is 0 Å². The van der Waals surface area contributed by atoms with Gasteiger partial charge in [0.1, 0.15) is 0 Å². The monoisotopic (exact) mass is 212 g/mol. The molecule has 0 fully saturated rings. The summed E-state index contributed by atoms with van der Waals surface area (Å²) >= 11 is 0. The number of Topliss-reactive ketones (excluding diaryl/α,β-unsaturated/α-hetero) is 1. The maximum atomic E-state index is 11.6. The Bertz CT molecular complexity index is 467. The molecule has 0 aliphatic carbocycles. The van der Waals surface area contributed by atoms with E-state index in [1.165, 1.54) is 6.26 Å². The summed E-state index contributed by atoms with van der Waals surface area (Å²) in [5.74, 6) is 0.412. The van der Waals surface area contributed by atoms with Gasteiger partial charge in [0.05, 0.1) is 6.26 Å². The highest BCUT2D eigenvalue weighted by Gasteiger charge is 2.05. The van der Waals surface area contributed by atoms with Crippen LogP contribution in [0.1, 0.15) is 22.5 Å². The number of carbonyl (C=O) groups excluding carboxylic acids is 1. The lowest BCUT2D eigenvalue weighted by molar-refractivity contribution is 0.0969. The Morgan fingerprint density at radius 3 is 2.62 bits per heavy atom. The second kappa shape index (κ2) is 5.12. The van der Waals surface area contributed by atoms with Crippen LogP contribution in [0.2, 0.25) is 0 Å². The van der Waals surface area contributed by atoms with Crippen LogP contribution < -0.4 is 0 Å². The van der Waals surface area contributed by atoms with Crippen LogP contribution in [0.15, 0.2) is 59.2 Å². The first-order valence-electron chi connectivity index (χ1n) is 5.14. The molecule has 0 bridgehead atoms. The Balaban J connectivity index is 1.93. The second-order valence-electron chi connectivity index (χ2n) is 3.42. The van der Waals surface area contributed by atoms with E-state index in [0.717, 1.165) is 5.56 Å². The molecule has 0 atom stereocenters. The SMILES string of the molecule is O=C(CC=Cc1ccccc1)c1ccco1. The zero-order chi connectivity index (χ0) is 11.2. The third kappa shape index (κ3) is 2.70. The molecule has 16 heavy (non-hydrogen) atoms. The van der Waals surface area contributed by atoms with Gasteiger partial charge in [-0.3, -0.25) is 4.79 Å². The van der Waals surface area contributed by atoms with Gasteiger partial charge in [-0.05, 0) is 17.7 Å². The predicted molar refractivity (Wildman–Crippen MR) is 63.1 cm³/mol. The van der Waals surface area contributed by atoms with E-state index < -0.39 is 0 Å². The highest BCUT2D eigenvalue weighted by molar-refractivity contribution is 5.94. The van der Waals surface area contributed by atoms with Crippen LogP contribution in [0, 0.1) is 0 Å². The van der Waals surface area contributed by atoms with Gasteiger partial charge in [0, 0.05) is 6.42 Å². The number of ketones is 1. The van der Waals surface area contributed by atoms with Crippen LogP contribution in [-0.4, -0.2) is 5.78 Å². The number of hydrogen-bond acceptors (Lipinski definition) is 2. The van der Waals surface area contributed by atoms with Crippen molar-refractivity contribution in [3.05, 3.63) is 66.1 Å². The van der Waals surface area contributed by atoms with Crippen molar-refractivity contribution in [2.24, 2.45) is 0 Å². The molecule has 80 valence electrons. The van der Waals surface area contributed by atoms with E-state index in [-0.39, 0.29) is 5.78 Å². The summed E-state index contributed by atoms with van der Waals surface area (Å²) in [6.07, 6.45) is 5.65. The maximum Gasteiger partial charge on any atom is 0.201 e. The summed E-state index contributed by atoms with van der Waals surface area (Å²) in [5, 5.41) is 0. The average molecular weight is 212 g/mol. The molecule has 2 rings (SSSR count). The molecule has 1 aromatic heterocycles. The summed E-state index contributed by atoms with van der Waals surface area (Å²) in [6, 6.07) is 13.3. The highest BCUT2D eigenvalue weighted by atomic mass is 16.3. The van der Waals surface area contributed by atoms with Gasteiger partial charge in [-0.15, -0.1) is 0 Å². The first kappa shape index (κ1) is 10.4. The van der Waals surface area contributed by atoms with Crippen LogP contribution in [0.5, 0.6) is 0 Å². The Morgan fingerprint density at radius 2 is 1.94 bits per heavy atom. The fraction of sp³-hybridized carbons (Fsp3) is 0.0714. The number of furan rings is 1. The van der Waals surface area contributed by atoms with Crippen molar-refractivity contribution < 1.29 is 9.21 Å². The van der Waals surface area contributed by atoms with Gasteiger partial charge < -0.3 is 4.42 Å². The molecule has 0 unspecified atom stereocenters. The number of rotatable bonds is 4. The van der Waals surface area contributed by atoms with E-state index in [2.05, 4.69) is 0 Å². The molecule has 1 heterocycles. The number of carbonyl (C=O) groups is 1. The lowest BCUT2D eigenvalue weighted by atomic mass is 10.1. The molecule has 0 aliphatic rings. The molecule has 0 amide bonds. The smallest absolute Gasteiger partial charge is 0.201 e. The van der Waals surface area contributed by atoms with E-state index in [1.807, 2.05) is 42.5 Å². The minimum absolute atomic E-state index is 0.00261. The van der Waals surface area contributed by atoms with Crippen molar-refractivity contribution in [2.45, 2.75) is 6.42 Å². The van der Waals surface area contributed by atoms with E-state index in [1.54, 1.807) is 12.1 Å². The fourth-order valence-corrected chi connectivity index (χ4v) is 1.40. The lowest BCUT2D eigenvalue weighted by Gasteiger charge is -1.92. The lowest BCUT2D eigenvalue weighted by Crippen LogP contribution is -1.93. The zero-order valence-corrected chi connectivity index (χ0v) is 8.80. The van der Waals surface area contributed by atoms with E-state index in [4.69, 9.17) is 4.42 Å². The molecule has 0 saturated carbocycles. The first-order valence-corrected chi connectivity index (χ1v) is 5.14. The molecule has 2 nitrogen and oxygen atoms in total. The van der Waals surface area contributed by atoms with Crippen LogP contribution in [-0.2, 0) is 0 Å². The average Bonchev–Trinajstić information content (AvgIpc) is 2.84. The normalized spacial score (nSPS) is 10.8. The predicted octanol–water partition coefficient (Wildman–Crippen LogP) is 3.57. The second-order valence-corrected chi connectivity index (χ2v) is 3.42. The number of hydrogen-bond donors (Lipinski definition) is 0. The third-order valence-electron chi connectivity index (χ3n) is 2.21. The van der Waals surface area contributed by atoms with Gasteiger partial charge in [0.2, 0.25) is 5.78 Å². The van der Waals surface area contributed by atoms with Crippen molar-refractivity contribution in [1.29, 1.82) is 0 Å². The molecule has 0 N–H and O–H groups in total. The highest BCUT2D eigenvalue weighted by Crippen LogP contribution is 2.07. The summed E-state index contributed by atoms with van der Waals surface area (Å²) in [4.78, 5) is 11.6. The summed E-state index contributed by atoms with van der Waals surface area (Å²) in [6.45, 7) is 0. The molecular weight excluding hydrogens is 200 g/mol. The molecule has 0 aliphatic heterocycles. The van der Waals surface area contributed by atoms with Crippen molar-refractivity contribution in [3.63, 3.8) is 0 Å². The van der Waals surface area contributed by atoms with Crippen LogP contribution >= 0.6 is 0 Å². The number of benzene rings is 1. The Labute approximate surface area is 94.2 Å². The summed E-state index contributed by atoms with van der Waals surface area (Å²) < 4.78 is 5.01. The Hall–Kier alpha value is -2.09. The quantitative estimate of drug-likeness (QED) is 0.725. The topological polar surface area (TPSA) is 30.2 Å². The summed E-state index contributed by atoms with van der Waals surface area (Å²) in [5.41, 5.74) is 1.09. The van der Waals surface area contributed by atoms with E-state index >= 15 is 0 Å². The van der Waals surface area contributed by atoms with Crippen LogP contribution in [0.3, 0.4) is 0 Å². The molecular formula is C14H12O2. The molecule has 0 radical (unpaired) electrons. The van der Waals surface area contributed by atoms with Crippen molar-refractivity contribution in [1.82, 2.24) is 0 Å². The van der Waals surface area contributed by atoms with Crippen molar-refractivity contribution >= 4 is 11.9 Å². The zero-order valence-electron chi connectivity index (χ0n) is 8.80. The largest absolute Gasteiger partial charge is 0.461 e. The Kier molecular flexibility index (Phi) is 3.34. The standard InChI is InChI=1S/C14H12O2/c15-13(14-10-5-11-16-14)9-4-8-12-6-2-1-3-7-12/h1-8,10-11H,9H2. The van der Waals surface area contributed by atoms with Gasteiger partial charge in [-0.25, -0.2) is 0 Å².